The van der Waals surface area contributed by atoms with E-state index >= 15 is 0 Å². The zero-order chi connectivity index (χ0) is 24.1. The van der Waals surface area contributed by atoms with Gasteiger partial charge in [-0.05, 0) is 50.1 Å². The summed E-state index contributed by atoms with van der Waals surface area (Å²) in [5, 5.41) is 7.35. The first-order valence-corrected chi connectivity index (χ1v) is 11.7. The van der Waals surface area contributed by atoms with Crippen molar-refractivity contribution in [1.82, 2.24) is 30.0 Å². The Bertz CT molecular complexity index is 1130. The lowest BCUT2D eigenvalue weighted by Crippen LogP contribution is -2.37. The van der Waals surface area contributed by atoms with Gasteiger partial charge in [-0.1, -0.05) is 17.7 Å². The summed E-state index contributed by atoms with van der Waals surface area (Å²) in [6.07, 6.45) is 2.72. The van der Waals surface area contributed by atoms with Gasteiger partial charge >= 0.3 is 0 Å². The van der Waals surface area contributed by atoms with Gasteiger partial charge in [-0.25, -0.2) is 14.1 Å². The smallest absolute Gasteiger partial charge is 0.242 e. The topological polar surface area (TPSA) is 85.2 Å². The highest BCUT2D eigenvalue weighted by Crippen LogP contribution is 2.26. The number of amides is 1. The van der Waals surface area contributed by atoms with Gasteiger partial charge in [0, 0.05) is 37.4 Å². The molecule has 0 unspecified atom stereocenters. The minimum absolute atomic E-state index is 0.00844. The number of halogens is 2. The lowest BCUT2D eigenvalue weighted by Gasteiger charge is -2.26. The van der Waals surface area contributed by atoms with E-state index in [-0.39, 0.29) is 23.5 Å². The van der Waals surface area contributed by atoms with Gasteiger partial charge < -0.3 is 10.1 Å². The van der Waals surface area contributed by atoms with Crippen LogP contribution in [0.5, 0.6) is 0 Å². The van der Waals surface area contributed by atoms with Crippen LogP contribution in [0.2, 0.25) is 5.02 Å². The maximum atomic E-state index is 13.7. The van der Waals surface area contributed by atoms with Crippen LogP contribution in [0.4, 0.5) is 4.39 Å². The van der Waals surface area contributed by atoms with Crippen molar-refractivity contribution >= 4 is 17.5 Å². The van der Waals surface area contributed by atoms with Gasteiger partial charge in [0.05, 0.1) is 18.2 Å². The van der Waals surface area contributed by atoms with Gasteiger partial charge in [-0.15, -0.1) is 5.10 Å². The normalized spacial score (nSPS) is 14.5. The summed E-state index contributed by atoms with van der Waals surface area (Å²) in [5.74, 6) is 0.0671. The molecule has 0 bridgehead atoms. The Balaban J connectivity index is 1.55. The number of benzene rings is 1. The van der Waals surface area contributed by atoms with Crippen molar-refractivity contribution in [2.75, 3.05) is 32.8 Å². The van der Waals surface area contributed by atoms with Crippen molar-refractivity contribution in [3.05, 3.63) is 52.9 Å². The van der Waals surface area contributed by atoms with Crippen LogP contribution >= 0.6 is 11.6 Å². The monoisotopic (exact) mass is 486 g/mol. The lowest BCUT2D eigenvalue weighted by atomic mass is 10.2. The maximum absolute atomic E-state index is 13.7. The molecule has 1 aliphatic heterocycles. The Morgan fingerprint density at radius 3 is 2.71 bits per heavy atom. The highest BCUT2D eigenvalue weighted by molar-refractivity contribution is 6.31. The average molecular weight is 487 g/mol. The van der Waals surface area contributed by atoms with Gasteiger partial charge in [0.1, 0.15) is 18.1 Å². The van der Waals surface area contributed by atoms with E-state index in [1.807, 2.05) is 32.2 Å². The van der Waals surface area contributed by atoms with Crippen LogP contribution < -0.4 is 5.32 Å². The minimum atomic E-state index is -0.524. The highest BCUT2D eigenvalue weighted by Gasteiger charge is 2.18. The molecule has 0 spiro atoms. The predicted octanol–water partition coefficient (Wildman–Crippen LogP) is 3.20. The van der Waals surface area contributed by atoms with Gasteiger partial charge in [0.2, 0.25) is 5.91 Å². The number of hydrogen-bond acceptors (Lipinski definition) is 6. The van der Waals surface area contributed by atoms with Crippen LogP contribution in [0, 0.1) is 5.82 Å². The molecule has 1 fully saturated rings. The molecule has 34 heavy (non-hydrogen) atoms. The number of nitrogens with one attached hydrogen (secondary N) is 1. The molecule has 180 valence electrons. The number of aromatic nitrogens is 4. The Morgan fingerprint density at radius 1 is 1.24 bits per heavy atom. The van der Waals surface area contributed by atoms with E-state index in [1.54, 1.807) is 6.07 Å². The molecule has 2 aromatic heterocycles. The van der Waals surface area contributed by atoms with Gasteiger partial charge in [-0.2, -0.15) is 0 Å². The zero-order valence-electron chi connectivity index (χ0n) is 19.3. The standard InChI is InChI=1S/C24H28ClFN6O2/c1-16(2)28-22(33)15-32-24(18-4-5-20(26)19(25)13-18)29-23(30-32)21-6-3-17(14-27-21)7-8-31-9-11-34-12-10-31/h3-6,13-14,16H,7-12,15H2,1-2H3,(H,28,33). The van der Waals surface area contributed by atoms with E-state index in [4.69, 9.17) is 16.3 Å². The quantitative estimate of drug-likeness (QED) is 0.526. The number of hydrogen-bond donors (Lipinski definition) is 1. The Morgan fingerprint density at radius 2 is 2.03 bits per heavy atom. The second-order valence-electron chi connectivity index (χ2n) is 8.52. The fourth-order valence-corrected chi connectivity index (χ4v) is 3.91. The Kier molecular flexibility index (Phi) is 7.87. The largest absolute Gasteiger partial charge is 0.379 e. The number of carbonyl (C=O) groups excluding carboxylic acids is 1. The number of nitrogens with zero attached hydrogens (tertiary/aromatic N) is 5. The number of pyridine rings is 1. The van der Waals surface area contributed by atoms with Crippen molar-refractivity contribution in [1.29, 1.82) is 0 Å². The van der Waals surface area contributed by atoms with Crippen LogP contribution in [0.15, 0.2) is 36.5 Å². The molecule has 1 aliphatic rings. The third-order valence-electron chi connectivity index (χ3n) is 5.47. The minimum Gasteiger partial charge on any atom is -0.379 e. The number of morpholine rings is 1. The molecule has 1 amide bonds. The first-order valence-electron chi connectivity index (χ1n) is 11.3. The Hall–Kier alpha value is -2.88. The van der Waals surface area contributed by atoms with Crippen LogP contribution in [0.3, 0.4) is 0 Å². The van der Waals surface area contributed by atoms with Crippen LogP contribution in [-0.2, 0) is 22.5 Å². The summed E-state index contributed by atoms with van der Waals surface area (Å²) >= 11 is 5.98. The zero-order valence-corrected chi connectivity index (χ0v) is 20.1. The molecule has 0 radical (unpaired) electrons. The van der Waals surface area contributed by atoms with E-state index < -0.39 is 5.82 Å². The van der Waals surface area contributed by atoms with Crippen LogP contribution in [0.25, 0.3) is 22.9 Å². The van der Waals surface area contributed by atoms with Crippen molar-refractivity contribution in [3.63, 3.8) is 0 Å². The van der Waals surface area contributed by atoms with Crippen molar-refractivity contribution < 1.29 is 13.9 Å². The summed E-state index contributed by atoms with van der Waals surface area (Å²) in [6, 6.07) is 8.20. The molecule has 0 atom stereocenters. The van der Waals surface area contributed by atoms with Crippen molar-refractivity contribution in [2.45, 2.75) is 32.9 Å². The number of carbonyl (C=O) groups is 1. The van der Waals surface area contributed by atoms with E-state index in [0.717, 1.165) is 44.8 Å². The highest BCUT2D eigenvalue weighted by atomic mass is 35.5. The van der Waals surface area contributed by atoms with E-state index in [2.05, 4.69) is 25.3 Å². The summed E-state index contributed by atoms with van der Waals surface area (Å²) in [6.45, 7) is 8.15. The molecule has 1 N–H and O–H groups in total. The summed E-state index contributed by atoms with van der Waals surface area (Å²) in [4.78, 5) is 23.9. The van der Waals surface area contributed by atoms with E-state index in [9.17, 15) is 9.18 Å². The van der Waals surface area contributed by atoms with Gasteiger partial charge in [0.25, 0.3) is 0 Å². The summed E-state index contributed by atoms with van der Waals surface area (Å²) in [7, 11) is 0. The number of rotatable bonds is 8. The van der Waals surface area contributed by atoms with Crippen LogP contribution in [-0.4, -0.2) is 69.4 Å². The SMILES string of the molecule is CC(C)NC(=O)Cn1nc(-c2ccc(CCN3CCOCC3)cn2)nc1-c1ccc(F)c(Cl)c1. The average Bonchev–Trinajstić information content (AvgIpc) is 3.23. The lowest BCUT2D eigenvalue weighted by molar-refractivity contribution is -0.122. The molecule has 3 aromatic rings. The third kappa shape index (κ3) is 6.16. The van der Waals surface area contributed by atoms with E-state index in [1.165, 1.54) is 16.8 Å². The fourth-order valence-electron chi connectivity index (χ4n) is 3.73. The summed E-state index contributed by atoms with van der Waals surface area (Å²) in [5.41, 5.74) is 2.27. The molecule has 3 heterocycles. The first kappa shape index (κ1) is 24.3. The molecule has 1 saturated heterocycles. The fraction of sp³-hybridized carbons (Fsp3) is 0.417. The van der Waals surface area contributed by atoms with Crippen LogP contribution in [0.1, 0.15) is 19.4 Å². The first-order chi connectivity index (χ1) is 16.4. The van der Waals surface area contributed by atoms with Crippen molar-refractivity contribution in [2.24, 2.45) is 0 Å². The number of ether oxygens (including phenoxy) is 1. The molecule has 4 rings (SSSR count). The molecular formula is C24H28ClFN6O2. The molecule has 0 aliphatic carbocycles. The molecule has 8 nitrogen and oxygen atoms in total. The molecular weight excluding hydrogens is 459 g/mol. The molecule has 10 heteroatoms. The van der Waals surface area contributed by atoms with Gasteiger partial charge in [-0.3, -0.25) is 14.7 Å². The molecule has 0 saturated carbocycles. The van der Waals surface area contributed by atoms with Gasteiger partial charge in [0.15, 0.2) is 11.6 Å². The van der Waals surface area contributed by atoms with Crippen molar-refractivity contribution in [3.8, 4) is 22.9 Å². The maximum Gasteiger partial charge on any atom is 0.242 e. The second-order valence-corrected chi connectivity index (χ2v) is 8.93. The second kappa shape index (κ2) is 11.0. The predicted molar refractivity (Wildman–Crippen MR) is 128 cm³/mol. The van der Waals surface area contributed by atoms with E-state index in [0.29, 0.717) is 22.9 Å². The molecule has 1 aromatic carbocycles. The Labute approximate surface area is 203 Å². The summed E-state index contributed by atoms with van der Waals surface area (Å²) < 4.78 is 20.6. The third-order valence-corrected chi connectivity index (χ3v) is 5.76.